The fourth-order valence-electron chi connectivity index (χ4n) is 2.54. The monoisotopic (exact) mass is 346 g/mol. The van der Waals surface area contributed by atoms with Crippen LogP contribution in [-0.4, -0.2) is 14.5 Å². The van der Waals surface area contributed by atoms with E-state index in [1.54, 1.807) is 24.3 Å². The van der Waals surface area contributed by atoms with Crippen molar-refractivity contribution in [3.05, 3.63) is 28.7 Å². The van der Waals surface area contributed by atoms with Crippen molar-refractivity contribution in [1.29, 1.82) is 0 Å². The lowest BCUT2D eigenvalue weighted by molar-refractivity contribution is 0.128. The Bertz CT molecular complexity index is 510. The molecule has 2 atom stereocenters. The number of hydrogen-bond acceptors (Lipinski definition) is 3. The van der Waals surface area contributed by atoms with Crippen LogP contribution in [0, 0.1) is 5.92 Å². The van der Waals surface area contributed by atoms with Crippen molar-refractivity contribution in [3.8, 4) is 0 Å². The van der Waals surface area contributed by atoms with E-state index in [4.69, 9.17) is 4.18 Å². The van der Waals surface area contributed by atoms with Gasteiger partial charge in [-0.15, -0.1) is 0 Å². The van der Waals surface area contributed by atoms with Crippen molar-refractivity contribution in [2.45, 2.75) is 50.0 Å². The maximum Gasteiger partial charge on any atom is 0.297 e. The van der Waals surface area contributed by atoms with Gasteiger partial charge in [-0.1, -0.05) is 42.1 Å². The third kappa shape index (κ3) is 4.04. The highest BCUT2D eigenvalue weighted by Gasteiger charge is 2.27. The second-order valence-electron chi connectivity index (χ2n) is 5.07. The quantitative estimate of drug-likeness (QED) is 0.770. The third-order valence-corrected chi connectivity index (χ3v) is 5.58. The molecule has 5 heteroatoms. The molecule has 0 aromatic heterocycles. The van der Waals surface area contributed by atoms with Crippen LogP contribution in [0.5, 0.6) is 0 Å². The molecule has 0 saturated heterocycles. The Labute approximate surface area is 123 Å². The second-order valence-corrected chi connectivity index (χ2v) is 7.55. The lowest BCUT2D eigenvalue weighted by Crippen LogP contribution is -2.25. The number of hydrogen-bond donors (Lipinski definition) is 0. The van der Waals surface area contributed by atoms with Crippen molar-refractivity contribution < 1.29 is 12.6 Å². The summed E-state index contributed by atoms with van der Waals surface area (Å²) in [6.07, 6.45) is 4.87. The SMILES string of the molecule is CCC1CCCC(OS(=O)(=O)c2ccc(Br)cc2)C1. The van der Waals surface area contributed by atoms with E-state index in [0.717, 1.165) is 30.2 Å². The highest BCUT2D eigenvalue weighted by Crippen LogP contribution is 2.30. The predicted octanol–water partition coefficient (Wildman–Crippen LogP) is 4.12. The van der Waals surface area contributed by atoms with Gasteiger partial charge in [-0.3, -0.25) is 4.18 Å². The van der Waals surface area contributed by atoms with Gasteiger partial charge in [0.25, 0.3) is 10.1 Å². The normalized spacial score (nSPS) is 24.3. The maximum absolute atomic E-state index is 12.2. The Morgan fingerprint density at radius 1 is 1.26 bits per heavy atom. The highest BCUT2D eigenvalue weighted by molar-refractivity contribution is 9.10. The van der Waals surface area contributed by atoms with Crippen molar-refractivity contribution in [2.24, 2.45) is 5.92 Å². The van der Waals surface area contributed by atoms with Crippen LogP contribution in [-0.2, 0) is 14.3 Å². The van der Waals surface area contributed by atoms with E-state index < -0.39 is 10.1 Å². The standard InChI is InChI=1S/C14H19BrO3S/c1-2-11-4-3-5-13(10-11)18-19(16,17)14-8-6-12(15)7-9-14/h6-9,11,13H,2-5,10H2,1H3. The smallest absolute Gasteiger partial charge is 0.263 e. The summed E-state index contributed by atoms with van der Waals surface area (Å²) in [5, 5.41) is 0. The molecule has 1 aliphatic carbocycles. The average molecular weight is 347 g/mol. The first-order valence-corrected chi connectivity index (χ1v) is 8.90. The van der Waals surface area contributed by atoms with Gasteiger partial charge in [0.05, 0.1) is 11.0 Å². The highest BCUT2D eigenvalue weighted by atomic mass is 79.9. The van der Waals surface area contributed by atoms with E-state index in [1.807, 2.05) is 0 Å². The Balaban J connectivity index is 2.06. The van der Waals surface area contributed by atoms with Crippen molar-refractivity contribution >= 4 is 26.0 Å². The van der Waals surface area contributed by atoms with Crippen LogP contribution in [0.25, 0.3) is 0 Å². The number of rotatable bonds is 4. The van der Waals surface area contributed by atoms with E-state index in [2.05, 4.69) is 22.9 Å². The summed E-state index contributed by atoms with van der Waals surface area (Å²) in [6.45, 7) is 2.15. The van der Waals surface area contributed by atoms with Crippen LogP contribution >= 0.6 is 15.9 Å². The van der Waals surface area contributed by atoms with Crippen LogP contribution in [0.2, 0.25) is 0 Å². The molecule has 0 heterocycles. The summed E-state index contributed by atoms with van der Waals surface area (Å²) in [4.78, 5) is 0.231. The zero-order valence-electron chi connectivity index (χ0n) is 11.0. The van der Waals surface area contributed by atoms with Crippen LogP contribution in [0.15, 0.2) is 33.6 Å². The fraction of sp³-hybridized carbons (Fsp3) is 0.571. The molecule has 0 aliphatic heterocycles. The molecule has 1 aromatic carbocycles. The van der Waals surface area contributed by atoms with Gasteiger partial charge < -0.3 is 0 Å². The topological polar surface area (TPSA) is 43.4 Å². The first-order valence-electron chi connectivity index (χ1n) is 6.70. The van der Waals surface area contributed by atoms with Crippen molar-refractivity contribution in [3.63, 3.8) is 0 Å². The minimum Gasteiger partial charge on any atom is -0.263 e. The van der Waals surface area contributed by atoms with Gasteiger partial charge in [0.15, 0.2) is 0 Å². The molecular weight excluding hydrogens is 328 g/mol. The molecular formula is C14H19BrO3S. The van der Waals surface area contributed by atoms with Crippen LogP contribution < -0.4 is 0 Å². The van der Waals surface area contributed by atoms with E-state index >= 15 is 0 Å². The Hall–Kier alpha value is -0.390. The molecule has 1 fully saturated rings. The molecule has 106 valence electrons. The Morgan fingerprint density at radius 2 is 1.95 bits per heavy atom. The summed E-state index contributed by atoms with van der Waals surface area (Å²) in [5.41, 5.74) is 0. The van der Waals surface area contributed by atoms with Gasteiger partial charge in [0.2, 0.25) is 0 Å². The predicted molar refractivity (Wildman–Crippen MR) is 78.4 cm³/mol. The Kier molecular flexibility index (Phi) is 5.03. The average Bonchev–Trinajstić information content (AvgIpc) is 2.39. The van der Waals surface area contributed by atoms with E-state index in [9.17, 15) is 8.42 Å². The molecule has 1 aliphatic rings. The molecule has 19 heavy (non-hydrogen) atoms. The van der Waals surface area contributed by atoms with Crippen LogP contribution in [0.4, 0.5) is 0 Å². The second kappa shape index (κ2) is 6.37. The molecule has 0 amide bonds. The van der Waals surface area contributed by atoms with Crippen molar-refractivity contribution in [2.75, 3.05) is 0 Å². The molecule has 1 saturated carbocycles. The van der Waals surface area contributed by atoms with E-state index in [-0.39, 0.29) is 11.0 Å². The van der Waals surface area contributed by atoms with Crippen LogP contribution in [0.1, 0.15) is 39.0 Å². The van der Waals surface area contributed by atoms with Gasteiger partial charge in [0, 0.05) is 4.47 Å². The van der Waals surface area contributed by atoms with Gasteiger partial charge in [0.1, 0.15) is 0 Å². The lowest BCUT2D eigenvalue weighted by atomic mass is 9.86. The minimum absolute atomic E-state index is 0.160. The van der Waals surface area contributed by atoms with Gasteiger partial charge in [-0.2, -0.15) is 8.42 Å². The number of benzene rings is 1. The zero-order valence-corrected chi connectivity index (χ0v) is 13.4. The summed E-state index contributed by atoms with van der Waals surface area (Å²) in [7, 11) is -3.63. The molecule has 2 unspecified atom stereocenters. The summed E-state index contributed by atoms with van der Waals surface area (Å²) in [5.74, 6) is 0.596. The van der Waals surface area contributed by atoms with Gasteiger partial charge in [-0.25, -0.2) is 0 Å². The summed E-state index contributed by atoms with van der Waals surface area (Å²) < 4.78 is 30.6. The van der Waals surface area contributed by atoms with Crippen molar-refractivity contribution in [1.82, 2.24) is 0 Å². The largest absolute Gasteiger partial charge is 0.297 e. The minimum atomic E-state index is -3.63. The molecule has 0 bridgehead atoms. The lowest BCUT2D eigenvalue weighted by Gasteiger charge is -2.27. The fourth-order valence-corrected chi connectivity index (χ4v) is 3.91. The molecule has 0 radical (unpaired) electrons. The molecule has 2 rings (SSSR count). The molecule has 0 spiro atoms. The first-order chi connectivity index (χ1) is 9.01. The van der Waals surface area contributed by atoms with E-state index in [1.165, 1.54) is 6.42 Å². The van der Waals surface area contributed by atoms with Gasteiger partial charge in [-0.05, 0) is 43.0 Å². The Morgan fingerprint density at radius 3 is 2.58 bits per heavy atom. The van der Waals surface area contributed by atoms with Gasteiger partial charge >= 0.3 is 0 Å². The molecule has 1 aromatic rings. The molecule has 3 nitrogen and oxygen atoms in total. The third-order valence-electron chi connectivity index (χ3n) is 3.68. The first kappa shape index (κ1) is 15.0. The van der Waals surface area contributed by atoms with E-state index in [0.29, 0.717) is 5.92 Å². The summed E-state index contributed by atoms with van der Waals surface area (Å²) in [6, 6.07) is 6.57. The molecule has 0 N–H and O–H groups in total. The maximum atomic E-state index is 12.2. The van der Waals surface area contributed by atoms with Crippen LogP contribution in [0.3, 0.4) is 0 Å². The number of halogens is 1. The summed E-state index contributed by atoms with van der Waals surface area (Å²) >= 11 is 3.29. The zero-order chi connectivity index (χ0) is 13.9.